The molecule has 3 N–H and O–H groups in total. The van der Waals surface area contributed by atoms with Crippen LogP contribution in [0.25, 0.3) is 17.2 Å². The Morgan fingerprint density at radius 1 is 1.09 bits per heavy atom. The van der Waals surface area contributed by atoms with E-state index in [9.17, 15) is 9.90 Å². The fourth-order valence-corrected chi connectivity index (χ4v) is 3.21. The highest BCUT2D eigenvalue weighted by Crippen LogP contribution is 2.48. The van der Waals surface area contributed by atoms with Crippen molar-refractivity contribution in [1.82, 2.24) is 0 Å². The van der Waals surface area contributed by atoms with Crippen molar-refractivity contribution in [2.24, 2.45) is 5.73 Å². The van der Waals surface area contributed by atoms with Crippen LogP contribution in [0.5, 0.6) is 5.75 Å². The number of fused-ring (bicyclic) bond motifs is 1. The predicted molar refractivity (Wildman–Crippen MR) is 93.4 cm³/mol. The summed E-state index contributed by atoms with van der Waals surface area (Å²) in [5, 5.41) is 10.3. The first-order valence-corrected chi connectivity index (χ1v) is 7.72. The molecule has 0 heterocycles. The van der Waals surface area contributed by atoms with Gasteiger partial charge in [0.15, 0.2) is 0 Å². The number of nitrogens with two attached hydrogens (primary N) is 1. The molecule has 1 amide bonds. The molecular formula is C20H19NO2. The number of rotatable bonds is 4. The number of benzene rings is 2. The van der Waals surface area contributed by atoms with Gasteiger partial charge in [0.25, 0.3) is 0 Å². The Balaban J connectivity index is 2.24. The number of carbonyl (C=O) groups excluding carboxylic acids is 1. The molecule has 3 nitrogen and oxygen atoms in total. The quantitative estimate of drug-likeness (QED) is 0.897. The summed E-state index contributed by atoms with van der Waals surface area (Å²) in [6.07, 6.45) is 3.01. The molecule has 1 aliphatic rings. The van der Waals surface area contributed by atoms with Gasteiger partial charge in [0.2, 0.25) is 5.91 Å². The second-order valence-corrected chi connectivity index (χ2v) is 5.62. The van der Waals surface area contributed by atoms with Crippen molar-refractivity contribution < 1.29 is 9.90 Å². The number of aromatic hydroxyl groups is 1. The van der Waals surface area contributed by atoms with Gasteiger partial charge in [0.05, 0.1) is 6.42 Å². The van der Waals surface area contributed by atoms with Crippen LogP contribution in [-0.4, -0.2) is 11.0 Å². The molecule has 23 heavy (non-hydrogen) atoms. The predicted octanol–water partition coefficient (Wildman–Crippen LogP) is 3.99. The van der Waals surface area contributed by atoms with E-state index in [4.69, 9.17) is 5.73 Å². The molecule has 0 aromatic heterocycles. The van der Waals surface area contributed by atoms with Crippen LogP contribution in [0.15, 0.2) is 54.1 Å². The average Bonchev–Trinajstić information content (AvgIpc) is 2.82. The van der Waals surface area contributed by atoms with Crippen molar-refractivity contribution in [2.75, 3.05) is 0 Å². The van der Waals surface area contributed by atoms with E-state index in [0.717, 1.165) is 39.8 Å². The molecule has 1 aliphatic carbocycles. The molecular weight excluding hydrogens is 286 g/mol. The van der Waals surface area contributed by atoms with E-state index >= 15 is 0 Å². The molecule has 2 aromatic carbocycles. The lowest BCUT2D eigenvalue weighted by molar-refractivity contribution is -0.117. The van der Waals surface area contributed by atoms with E-state index in [2.05, 4.69) is 13.0 Å². The normalized spacial score (nSPS) is 15.1. The highest BCUT2D eigenvalue weighted by molar-refractivity contribution is 6.09. The fourth-order valence-electron chi connectivity index (χ4n) is 3.21. The Labute approximate surface area is 135 Å². The Hall–Kier alpha value is -2.81. The Bertz CT molecular complexity index is 817. The molecule has 0 fully saturated rings. The summed E-state index contributed by atoms with van der Waals surface area (Å²) in [5.41, 5.74) is 11.2. The number of primary amides is 1. The van der Waals surface area contributed by atoms with Crippen molar-refractivity contribution in [3.05, 3.63) is 70.8 Å². The van der Waals surface area contributed by atoms with Crippen molar-refractivity contribution >= 4 is 23.1 Å². The van der Waals surface area contributed by atoms with E-state index in [0.29, 0.717) is 0 Å². The minimum absolute atomic E-state index is 0.139. The van der Waals surface area contributed by atoms with Gasteiger partial charge in [-0.3, -0.25) is 4.79 Å². The van der Waals surface area contributed by atoms with Crippen LogP contribution in [0.4, 0.5) is 0 Å². The molecule has 0 radical (unpaired) electrons. The van der Waals surface area contributed by atoms with E-state index in [1.54, 1.807) is 6.07 Å². The number of amides is 1. The van der Waals surface area contributed by atoms with Crippen LogP contribution in [-0.2, 0) is 4.79 Å². The van der Waals surface area contributed by atoms with E-state index in [1.807, 2.05) is 42.5 Å². The summed E-state index contributed by atoms with van der Waals surface area (Å²) in [7, 11) is 0. The van der Waals surface area contributed by atoms with E-state index in [-0.39, 0.29) is 18.1 Å². The number of carbonyl (C=O) groups is 1. The third-order valence-corrected chi connectivity index (χ3v) is 4.14. The second-order valence-electron chi connectivity index (χ2n) is 5.62. The first kappa shape index (κ1) is 15.1. The molecule has 0 bridgehead atoms. The Kier molecular flexibility index (Phi) is 4.02. The van der Waals surface area contributed by atoms with Gasteiger partial charge < -0.3 is 10.8 Å². The highest BCUT2D eigenvalue weighted by atomic mass is 16.3. The number of phenols is 1. The first-order chi connectivity index (χ1) is 11.1. The van der Waals surface area contributed by atoms with Crippen molar-refractivity contribution in [2.45, 2.75) is 19.8 Å². The largest absolute Gasteiger partial charge is 0.507 e. The lowest BCUT2D eigenvalue weighted by Gasteiger charge is -2.06. The monoisotopic (exact) mass is 305 g/mol. The van der Waals surface area contributed by atoms with Crippen LogP contribution >= 0.6 is 0 Å². The van der Waals surface area contributed by atoms with Crippen molar-refractivity contribution in [1.29, 1.82) is 0 Å². The smallest absolute Gasteiger partial charge is 0.221 e. The van der Waals surface area contributed by atoms with Crippen LogP contribution in [0.3, 0.4) is 0 Å². The summed E-state index contributed by atoms with van der Waals surface area (Å²) in [4.78, 5) is 11.5. The fraction of sp³-hybridized carbons (Fsp3) is 0.150. The minimum atomic E-state index is -0.388. The lowest BCUT2D eigenvalue weighted by Crippen LogP contribution is -2.11. The van der Waals surface area contributed by atoms with Gasteiger partial charge in [-0.1, -0.05) is 49.4 Å². The van der Waals surface area contributed by atoms with Crippen LogP contribution in [0.2, 0.25) is 0 Å². The molecule has 0 spiro atoms. The number of hydrogen-bond acceptors (Lipinski definition) is 2. The minimum Gasteiger partial charge on any atom is -0.507 e. The zero-order chi connectivity index (χ0) is 16.4. The molecule has 0 atom stereocenters. The van der Waals surface area contributed by atoms with E-state index < -0.39 is 0 Å². The van der Waals surface area contributed by atoms with Crippen LogP contribution in [0, 0.1) is 0 Å². The number of phenolic OH excluding ortho intramolecular Hbond substituents is 1. The Morgan fingerprint density at radius 2 is 1.83 bits per heavy atom. The van der Waals surface area contributed by atoms with Gasteiger partial charge in [-0.2, -0.15) is 0 Å². The SMILES string of the molecule is CCC1=C(CC(N)=O)c2c(O)cccc2C1=Cc1ccccc1. The summed E-state index contributed by atoms with van der Waals surface area (Å²) in [6, 6.07) is 15.5. The topological polar surface area (TPSA) is 63.3 Å². The van der Waals surface area contributed by atoms with Gasteiger partial charge in [0.1, 0.15) is 5.75 Å². The maximum atomic E-state index is 11.5. The van der Waals surface area contributed by atoms with Gasteiger partial charge in [-0.25, -0.2) is 0 Å². The zero-order valence-corrected chi connectivity index (χ0v) is 13.0. The molecule has 0 saturated heterocycles. The Morgan fingerprint density at radius 3 is 2.48 bits per heavy atom. The molecule has 0 aliphatic heterocycles. The molecule has 116 valence electrons. The van der Waals surface area contributed by atoms with E-state index in [1.165, 1.54) is 0 Å². The molecule has 3 heteroatoms. The van der Waals surface area contributed by atoms with Crippen LogP contribution in [0.1, 0.15) is 36.5 Å². The molecule has 2 aromatic rings. The van der Waals surface area contributed by atoms with Gasteiger partial charge in [0, 0.05) is 5.56 Å². The lowest BCUT2D eigenvalue weighted by atomic mass is 9.98. The average molecular weight is 305 g/mol. The summed E-state index contributed by atoms with van der Waals surface area (Å²) in [6.45, 7) is 2.05. The van der Waals surface area contributed by atoms with Crippen molar-refractivity contribution in [3.63, 3.8) is 0 Å². The first-order valence-electron chi connectivity index (χ1n) is 7.72. The standard InChI is InChI=1S/C20H19NO2/c1-2-14-16(11-13-7-4-3-5-8-13)15-9-6-10-18(22)20(15)17(14)12-19(21)23/h3-11,22H,2,12H2,1H3,(H2,21,23). The zero-order valence-electron chi connectivity index (χ0n) is 13.0. The van der Waals surface area contributed by atoms with Gasteiger partial charge >= 0.3 is 0 Å². The molecule has 3 rings (SSSR count). The highest BCUT2D eigenvalue weighted by Gasteiger charge is 2.28. The third-order valence-electron chi connectivity index (χ3n) is 4.14. The summed E-state index contributed by atoms with van der Waals surface area (Å²) in [5.74, 6) is -0.192. The molecule has 0 unspecified atom stereocenters. The second kappa shape index (κ2) is 6.13. The van der Waals surface area contributed by atoms with Gasteiger partial charge in [-0.15, -0.1) is 0 Å². The molecule has 0 saturated carbocycles. The van der Waals surface area contributed by atoms with Crippen molar-refractivity contribution in [3.8, 4) is 5.75 Å². The van der Waals surface area contributed by atoms with Gasteiger partial charge in [-0.05, 0) is 46.4 Å². The van der Waals surface area contributed by atoms with Crippen LogP contribution < -0.4 is 5.73 Å². The maximum Gasteiger partial charge on any atom is 0.221 e. The summed E-state index contributed by atoms with van der Waals surface area (Å²) >= 11 is 0. The third kappa shape index (κ3) is 2.78. The number of allylic oxidation sites excluding steroid dienone is 2. The number of hydrogen-bond donors (Lipinski definition) is 2. The summed E-state index contributed by atoms with van der Waals surface area (Å²) < 4.78 is 0. The maximum absolute atomic E-state index is 11.5.